The highest BCUT2D eigenvalue weighted by Crippen LogP contribution is 2.36. The molecule has 1 unspecified atom stereocenters. The van der Waals surface area contributed by atoms with Crippen molar-refractivity contribution in [2.75, 3.05) is 20.2 Å². The summed E-state index contributed by atoms with van der Waals surface area (Å²) in [4.78, 5) is 11.2. The van der Waals surface area contributed by atoms with Crippen LogP contribution in [0, 0.1) is 0 Å². The SMILES string of the molecule is CCNC1CCc2c(OCCC(=O)NC)cccc21. The lowest BCUT2D eigenvalue weighted by Crippen LogP contribution is -2.20. The molecule has 0 aromatic heterocycles. The summed E-state index contributed by atoms with van der Waals surface area (Å²) < 4.78 is 5.76. The quantitative estimate of drug-likeness (QED) is 0.822. The summed E-state index contributed by atoms with van der Waals surface area (Å²) in [5.41, 5.74) is 2.64. The van der Waals surface area contributed by atoms with E-state index in [-0.39, 0.29) is 5.91 Å². The molecule has 0 saturated heterocycles. The van der Waals surface area contributed by atoms with E-state index in [9.17, 15) is 4.79 Å². The molecule has 19 heavy (non-hydrogen) atoms. The van der Waals surface area contributed by atoms with Crippen LogP contribution in [0.25, 0.3) is 0 Å². The highest BCUT2D eigenvalue weighted by atomic mass is 16.5. The van der Waals surface area contributed by atoms with Crippen LogP contribution >= 0.6 is 0 Å². The van der Waals surface area contributed by atoms with Crippen LogP contribution in [0.1, 0.15) is 36.9 Å². The largest absolute Gasteiger partial charge is 0.493 e. The molecule has 0 fully saturated rings. The molecule has 0 radical (unpaired) electrons. The summed E-state index contributed by atoms with van der Waals surface area (Å²) in [6.45, 7) is 3.54. The van der Waals surface area contributed by atoms with Crippen LogP contribution in [0.5, 0.6) is 5.75 Å². The molecule has 1 aromatic rings. The van der Waals surface area contributed by atoms with E-state index >= 15 is 0 Å². The monoisotopic (exact) mass is 262 g/mol. The second-order valence-electron chi connectivity index (χ2n) is 4.74. The van der Waals surface area contributed by atoms with E-state index < -0.39 is 0 Å². The van der Waals surface area contributed by atoms with E-state index in [1.165, 1.54) is 11.1 Å². The zero-order chi connectivity index (χ0) is 13.7. The number of rotatable bonds is 6. The molecular weight excluding hydrogens is 240 g/mol. The lowest BCUT2D eigenvalue weighted by molar-refractivity contribution is -0.121. The number of fused-ring (bicyclic) bond motifs is 1. The molecule has 1 aliphatic rings. The van der Waals surface area contributed by atoms with Crippen LogP contribution < -0.4 is 15.4 Å². The Hall–Kier alpha value is -1.55. The number of ether oxygens (including phenoxy) is 1. The van der Waals surface area contributed by atoms with Gasteiger partial charge in [-0.2, -0.15) is 0 Å². The lowest BCUT2D eigenvalue weighted by atomic mass is 10.1. The molecule has 1 atom stereocenters. The summed E-state index contributed by atoms with van der Waals surface area (Å²) in [5, 5.41) is 6.09. The number of nitrogens with one attached hydrogen (secondary N) is 2. The molecule has 1 aromatic carbocycles. The van der Waals surface area contributed by atoms with E-state index in [1.54, 1.807) is 7.05 Å². The second kappa shape index (κ2) is 6.57. The fourth-order valence-electron chi connectivity index (χ4n) is 2.59. The Labute approximate surface area is 114 Å². The van der Waals surface area contributed by atoms with Gasteiger partial charge in [-0.25, -0.2) is 0 Å². The smallest absolute Gasteiger partial charge is 0.223 e. The summed E-state index contributed by atoms with van der Waals surface area (Å²) in [6, 6.07) is 6.64. The summed E-state index contributed by atoms with van der Waals surface area (Å²) in [7, 11) is 1.64. The molecule has 4 heteroatoms. The van der Waals surface area contributed by atoms with E-state index in [1.807, 2.05) is 12.1 Å². The van der Waals surface area contributed by atoms with Gasteiger partial charge < -0.3 is 15.4 Å². The van der Waals surface area contributed by atoms with Crippen molar-refractivity contribution >= 4 is 5.91 Å². The first kappa shape index (κ1) is 13.9. The third kappa shape index (κ3) is 3.26. The average molecular weight is 262 g/mol. The highest BCUT2D eigenvalue weighted by molar-refractivity contribution is 5.75. The molecule has 4 nitrogen and oxygen atoms in total. The number of benzene rings is 1. The Balaban J connectivity index is 2.01. The molecule has 1 aliphatic carbocycles. The fraction of sp³-hybridized carbons (Fsp3) is 0.533. The highest BCUT2D eigenvalue weighted by Gasteiger charge is 2.24. The Bertz CT molecular complexity index is 446. The van der Waals surface area contributed by atoms with E-state index in [0.717, 1.165) is 25.1 Å². The van der Waals surface area contributed by atoms with Gasteiger partial charge in [0.2, 0.25) is 5.91 Å². The lowest BCUT2D eigenvalue weighted by Gasteiger charge is -2.14. The number of amides is 1. The van der Waals surface area contributed by atoms with Gasteiger partial charge in [0.1, 0.15) is 5.75 Å². The van der Waals surface area contributed by atoms with Gasteiger partial charge in [0.15, 0.2) is 0 Å². The topological polar surface area (TPSA) is 50.4 Å². The zero-order valence-corrected chi connectivity index (χ0v) is 11.7. The summed E-state index contributed by atoms with van der Waals surface area (Å²) in [6.07, 6.45) is 2.57. The van der Waals surface area contributed by atoms with Gasteiger partial charge in [0, 0.05) is 13.1 Å². The molecular formula is C15H22N2O2. The van der Waals surface area contributed by atoms with Crippen molar-refractivity contribution < 1.29 is 9.53 Å². The number of carbonyl (C=O) groups is 1. The molecule has 0 heterocycles. The third-order valence-corrected chi connectivity index (χ3v) is 3.54. The van der Waals surface area contributed by atoms with Crippen molar-refractivity contribution in [3.63, 3.8) is 0 Å². The average Bonchev–Trinajstić information content (AvgIpc) is 2.83. The Morgan fingerprint density at radius 3 is 3.05 bits per heavy atom. The number of carbonyl (C=O) groups excluding carboxylic acids is 1. The normalized spacial score (nSPS) is 17.1. The molecule has 1 amide bonds. The zero-order valence-electron chi connectivity index (χ0n) is 11.7. The van der Waals surface area contributed by atoms with Gasteiger partial charge in [0.05, 0.1) is 13.0 Å². The molecule has 0 saturated carbocycles. The minimum Gasteiger partial charge on any atom is -0.493 e. The number of hydrogen-bond acceptors (Lipinski definition) is 3. The first-order valence-corrected chi connectivity index (χ1v) is 6.94. The first-order valence-electron chi connectivity index (χ1n) is 6.94. The summed E-state index contributed by atoms with van der Waals surface area (Å²) >= 11 is 0. The van der Waals surface area contributed by atoms with Crippen molar-refractivity contribution in [3.8, 4) is 5.75 Å². The van der Waals surface area contributed by atoms with Crippen LogP contribution in [-0.4, -0.2) is 26.1 Å². The maximum Gasteiger partial charge on any atom is 0.223 e. The summed E-state index contributed by atoms with van der Waals surface area (Å²) in [5.74, 6) is 0.944. The van der Waals surface area contributed by atoms with Gasteiger partial charge in [-0.15, -0.1) is 0 Å². The Morgan fingerprint density at radius 2 is 2.32 bits per heavy atom. The maximum absolute atomic E-state index is 11.2. The molecule has 104 valence electrons. The van der Waals surface area contributed by atoms with Crippen molar-refractivity contribution in [1.29, 1.82) is 0 Å². The predicted molar refractivity (Wildman–Crippen MR) is 75.4 cm³/mol. The van der Waals surface area contributed by atoms with Crippen LogP contribution in [0.15, 0.2) is 18.2 Å². The fourth-order valence-corrected chi connectivity index (χ4v) is 2.59. The van der Waals surface area contributed by atoms with E-state index in [2.05, 4.69) is 23.6 Å². The Kier molecular flexibility index (Phi) is 4.80. The molecule has 0 spiro atoms. The van der Waals surface area contributed by atoms with Crippen LogP contribution in [-0.2, 0) is 11.2 Å². The molecule has 0 bridgehead atoms. The first-order chi connectivity index (χ1) is 9.26. The van der Waals surface area contributed by atoms with Crippen LogP contribution in [0.3, 0.4) is 0 Å². The standard InChI is InChI=1S/C15H22N2O2/c1-3-17-13-8-7-12-11(13)5-4-6-14(12)19-10-9-15(18)16-2/h4-6,13,17H,3,7-10H2,1-2H3,(H,16,18). The third-order valence-electron chi connectivity index (χ3n) is 3.54. The van der Waals surface area contributed by atoms with Gasteiger partial charge >= 0.3 is 0 Å². The van der Waals surface area contributed by atoms with Crippen molar-refractivity contribution in [2.24, 2.45) is 0 Å². The van der Waals surface area contributed by atoms with Gasteiger partial charge in [-0.3, -0.25) is 4.79 Å². The van der Waals surface area contributed by atoms with Crippen LogP contribution in [0.2, 0.25) is 0 Å². The Morgan fingerprint density at radius 1 is 1.47 bits per heavy atom. The van der Waals surface area contributed by atoms with E-state index in [4.69, 9.17) is 4.74 Å². The van der Waals surface area contributed by atoms with Gasteiger partial charge in [0.25, 0.3) is 0 Å². The van der Waals surface area contributed by atoms with Crippen molar-refractivity contribution in [3.05, 3.63) is 29.3 Å². The van der Waals surface area contributed by atoms with Gasteiger partial charge in [-0.1, -0.05) is 19.1 Å². The number of hydrogen-bond donors (Lipinski definition) is 2. The predicted octanol–water partition coefficient (Wildman–Crippen LogP) is 1.80. The van der Waals surface area contributed by atoms with Crippen molar-refractivity contribution in [2.45, 2.75) is 32.2 Å². The van der Waals surface area contributed by atoms with Crippen molar-refractivity contribution in [1.82, 2.24) is 10.6 Å². The molecule has 2 rings (SSSR count). The van der Waals surface area contributed by atoms with Crippen LogP contribution in [0.4, 0.5) is 0 Å². The van der Waals surface area contributed by atoms with Gasteiger partial charge in [-0.05, 0) is 36.6 Å². The minimum absolute atomic E-state index is 0.0121. The maximum atomic E-state index is 11.2. The second-order valence-corrected chi connectivity index (χ2v) is 4.74. The van der Waals surface area contributed by atoms with E-state index in [0.29, 0.717) is 19.1 Å². The molecule has 2 N–H and O–H groups in total. The minimum atomic E-state index is 0.0121. The molecule has 0 aliphatic heterocycles.